The van der Waals surface area contributed by atoms with Crippen LogP contribution in [0.2, 0.25) is 0 Å². The number of hydrogen-bond acceptors (Lipinski definition) is 6. The number of amides is 1. The lowest BCUT2D eigenvalue weighted by atomic mass is 10.1. The van der Waals surface area contributed by atoms with Gasteiger partial charge in [0.25, 0.3) is 11.6 Å². The van der Waals surface area contributed by atoms with Gasteiger partial charge in [0.05, 0.1) is 4.92 Å². The first-order valence-electron chi connectivity index (χ1n) is 8.11. The summed E-state index contributed by atoms with van der Waals surface area (Å²) >= 11 is 5.08. The Balaban J connectivity index is 1.73. The van der Waals surface area contributed by atoms with E-state index >= 15 is 0 Å². The zero-order chi connectivity index (χ0) is 18.5. The van der Waals surface area contributed by atoms with Crippen molar-refractivity contribution >= 4 is 40.4 Å². The van der Waals surface area contributed by atoms with E-state index in [4.69, 9.17) is 12.2 Å². The number of thiocarbonyl (C=S) groups is 1. The summed E-state index contributed by atoms with van der Waals surface area (Å²) in [6.07, 6.45) is 3.60. The summed E-state index contributed by atoms with van der Waals surface area (Å²) in [6, 6.07) is 9.71. The van der Waals surface area contributed by atoms with Crippen LogP contribution in [0.3, 0.4) is 0 Å². The second-order valence-corrected chi connectivity index (χ2v) is 6.19. The molecule has 8 nitrogen and oxygen atoms in total. The molecule has 0 spiro atoms. The molecule has 1 fully saturated rings. The maximum absolute atomic E-state index is 12.4. The summed E-state index contributed by atoms with van der Waals surface area (Å²) in [5, 5.41) is 16.8. The first kappa shape index (κ1) is 17.7. The first-order valence-corrected chi connectivity index (χ1v) is 8.52. The van der Waals surface area contributed by atoms with Gasteiger partial charge >= 0.3 is 0 Å². The molecule has 0 unspecified atom stereocenters. The Labute approximate surface area is 155 Å². The number of benzene rings is 1. The number of nitrogens with zero attached hydrogens (tertiary/aromatic N) is 3. The van der Waals surface area contributed by atoms with Crippen LogP contribution in [-0.2, 0) is 0 Å². The van der Waals surface area contributed by atoms with Crippen molar-refractivity contribution in [1.29, 1.82) is 0 Å². The normalized spacial score (nSPS) is 13.3. The van der Waals surface area contributed by atoms with Crippen molar-refractivity contribution in [2.24, 2.45) is 0 Å². The Bertz CT molecular complexity index is 838. The molecule has 2 heterocycles. The molecule has 0 atom stereocenters. The maximum Gasteiger partial charge on any atom is 0.293 e. The van der Waals surface area contributed by atoms with E-state index in [1.54, 1.807) is 36.5 Å². The van der Waals surface area contributed by atoms with E-state index < -0.39 is 10.8 Å². The van der Waals surface area contributed by atoms with Gasteiger partial charge in [0, 0.05) is 30.9 Å². The largest absolute Gasteiger partial charge is 0.366 e. The Kier molecular flexibility index (Phi) is 5.37. The van der Waals surface area contributed by atoms with Crippen molar-refractivity contribution in [2.45, 2.75) is 12.8 Å². The van der Waals surface area contributed by atoms with E-state index in [1.165, 1.54) is 6.07 Å². The van der Waals surface area contributed by atoms with Gasteiger partial charge in [-0.05, 0) is 49.3 Å². The minimum atomic E-state index is -0.519. The van der Waals surface area contributed by atoms with Gasteiger partial charge in [-0.3, -0.25) is 20.2 Å². The zero-order valence-electron chi connectivity index (χ0n) is 13.8. The average molecular weight is 371 g/mol. The van der Waals surface area contributed by atoms with Crippen LogP contribution >= 0.6 is 12.2 Å². The molecule has 1 aliphatic heterocycles. The number of aromatic nitrogens is 1. The predicted octanol–water partition coefficient (Wildman–Crippen LogP) is 2.72. The van der Waals surface area contributed by atoms with Crippen LogP contribution in [0, 0.1) is 10.1 Å². The molecule has 0 aliphatic carbocycles. The molecule has 1 aromatic carbocycles. The molecular formula is C17H17N5O3S. The highest BCUT2D eigenvalue weighted by Crippen LogP contribution is 2.31. The van der Waals surface area contributed by atoms with Crippen LogP contribution in [0.25, 0.3) is 0 Å². The molecular weight excluding hydrogens is 354 g/mol. The second-order valence-electron chi connectivity index (χ2n) is 5.78. The van der Waals surface area contributed by atoms with Gasteiger partial charge in [-0.1, -0.05) is 6.07 Å². The van der Waals surface area contributed by atoms with Crippen molar-refractivity contribution in [1.82, 2.24) is 10.3 Å². The summed E-state index contributed by atoms with van der Waals surface area (Å²) in [7, 11) is 0. The summed E-state index contributed by atoms with van der Waals surface area (Å²) in [6.45, 7) is 1.56. The highest BCUT2D eigenvalue weighted by atomic mass is 32.1. The Morgan fingerprint density at radius 2 is 2.00 bits per heavy atom. The number of carbonyl (C=O) groups is 1. The maximum atomic E-state index is 12.4. The van der Waals surface area contributed by atoms with Gasteiger partial charge in [-0.25, -0.2) is 4.98 Å². The van der Waals surface area contributed by atoms with E-state index in [-0.39, 0.29) is 16.4 Å². The molecule has 1 aromatic heterocycles. The molecule has 2 aromatic rings. The van der Waals surface area contributed by atoms with Gasteiger partial charge in [0.15, 0.2) is 5.11 Å². The molecule has 0 radical (unpaired) electrons. The lowest BCUT2D eigenvalue weighted by molar-refractivity contribution is -0.384. The van der Waals surface area contributed by atoms with E-state index in [1.807, 2.05) is 4.90 Å². The van der Waals surface area contributed by atoms with Crippen LogP contribution in [0.1, 0.15) is 23.2 Å². The summed E-state index contributed by atoms with van der Waals surface area (Å²) in [5.74, 6) is -0.0253. The van der Waals surface area contributed by atoms with E-state index in [9.17, 15) is 14.9 Å². The Morgan fingerprint density at radius 1 is 1.23 bits per heavy atom. The number of nitro benzene ring substituents is 1. The summed E-state index contributed by atoms with van der Waals surface area (Å²) in [5.41, 5.74) is 0.631. The van der Waals surface area contributed by atoms with Gasteiger partial charge < -0.3 is 10.2 Å². The Morgan fingerprint density at radius 3 is 2.65 bits per heavy atom. The third-order valence-electron chi connectivity index (χ3n) is 4.01. The van der Waals surface area contributed by atoms with Gasteiger partial charge in [0.2, 0.25) is 0 Å². The van der Waals surface area contributed by atoms with Gasteiger partial charge in [-0.15, -0.1) is 0 Å². The van der Waals surface area contributed by atoms with Crippen LogP contribution in [0.15, 0.2) is 42.6 Å². The first-order chi connectivity index (χ1) is 12.5. The van der Waals surface area contributed by atoms with Crippen LogP contribution in [0.4, 0.5) is 17.2 Å². The van der Waals surface area contributed by atoms with Gasteiger partial charge in [-0.2, -0.15) is 0 Å². The lowest BCUT2D eigenvalue weighted by Crippen LogP contribution is -2.34. The molecule has 1 aliphatic rings. The molecule has 26 heavy (non-hydrogen) atoms. The third kappa shape index (κ3) is 4.12. The fourth-order valence-electron chi connectivity index (χ4n) is 2.80. The number of nitro groups is 1. The molecule has 0 saturated carbocycles. The van der Waals surface area contributed by atoms with Crippen molar-refractivity contribution in [3.8, 4) is 0 Å². The number of rotatable bonds is 4. The number of carbonyl (C=O) groups excluding carboxylic acids is 1. The standard InChI is InChI=1S/C17H17N5O3S/c23-16(20-17(26)19-15-5-1-2-8-18-15)12-6-7-13(14(11-12)22(24)25)21-9-3-4-10-21/h1-2,5-8,11H,3-4,9-10H2,(H2,18,19,20,23,26). The molecule has 9 heteroatoms. The molecule has 3 rings (SSSR count). The zero-order valence-corrected chi connectivity index (χ0v) is 14.7. The monoisotopic (exact) mass is 371 g/mol. The number of nitrogens with one attached hydrogen (secondary N) is 2. The van der Waals surface area contributed by atoms with Crippen LogP contribution in [0.5, 0.6) is 0 Å². The average Bonchev–Trinajstić information content (AvgIpc) is 3.16. The molecule has 1 saturated heterocycles. The highest BCUT2D eigenvalue weighted by Gasteiger charge is 2.24. The van der Waals surface area contributed by atoms with Crippen molar-refractivity contribution in [2.75, 3.05) is 23.3 Å². The molecule has 2 N–H and O–H groups in total. The van der Waals surface area contributed by atoms with Crippen molar-refractivity contribution in [3.63, 3.8) is 0 Å². The SMILES string of the molecule is O=C(NC(=S)Nc1ccccn1)c1ccc(N2CCCC2)c([N+](=O)[O-])c1. The predicted molar refractivity (Wildman–Crippen MR) is 102 cm³/mol. The van der Waals surface area contributed by atoms with Crippen LogP contribution in [-0.4, -0.2) is 34.0 Å². The number of hydrogen-bond donors (Lipinski definition) is 2. The van der Waals surface area contributed by atoms with Gasteiger partial charge in [0.1, 0.15) is 11.5 Å². The number of anilines is 2. The summed E-state index contributed by atoms with van der Waals surface area (Å²) in [4.78, 5) is 29.3. The van der Waals surface area contributed by atoms with Crippen LogP contribution < -0.4 is 15.5 Å². The van der Waals surface area contributed by atoms with Crippen molar-refractivity contribution in [3.05, 3.63) is 58.3 Å². The van der Waals surface area contributed by atoms with E-state index in [0.29, 0.717) is 11.5 Å². The molecule has 134 valence electrons. The fourth-order valence-corrected chi connectivity index (χ4v) is 2.99. The van der Waals surface area contributed by atoms with E-state index in [0.717, 1.165) is 25.9 Å². The van der Waals surface area contributed by atoms with Crippen molar-refractivity contribution < 1.29 is 9.72 Å². The van der Waals surface area contributed by atoms with E-state index in [2.05, 4.69) is 15.6 Å². The Hall–Kier alpha value is -3.07. The smallest absolute Gasteiger partial charge is 0.293 e. The fraction of sp³-hybridized carbons (Fsp3) is 0.235. The molecule has 1 amide bonds. The second kappa shape index (κ2) is 7.87. The lowest BCUT2D eigenvalue weighted by Gasteiger charge is -2.17. The quantitative estimate of drug-likeness (QED) is 0.484. The summed E-state index contributed by atoms with van der Waals surface area (Å²) < 4.78 is 0. The highest BCUT2D eigenvalue weighted by molar-refractivity contribution is 7.80. The minimum Gasteiger partial charge on any atom is -0.366 e. The molecule has 0 bridgehead atoms. The minimum absolute atomic E-state index is 0.0694. The number of pyridine rings is 1. The third-order valence-corrected chi connectivity index (χ3v) is 4.22. The topological polar surface area (TPSA) is 100 Å².